The number of aliphatic hydroxyl groups is 1. The lowest BCUT2D eigenvalue weighted by Crippen LogP contribution is -2.29. The van der Waals surface area contributed by atoms with E-state index in [-0.39, 0.29) is 28.6 Å². The van der Waals surface area contributed by atoms with Gasteiger partial charge in [0.05, 0.1) is 11.4 Å². The first-order valence-corrected chi connectivity index (χ1v) is 10.3. The number of hydrogen-bond acceptors (Lipinski definition) is 5. The van der Waals surface area contributed by atoms with Gasteiger partial charge in [0.15, 0.2) is 0 Å². The minimum absolute atomic E-state index is 0.0169. The molecule has 1 atom stereocenters. The topological polar surface area (TPSA) is 127 Å². The number of aromatic amines is 1. The van der Waals surface area contributed by atoms with E-state index in [2.05, 4.69) is 48.6 Å². The van der Waals surface area contributed by atoms with E-state index in [4.69, 9.17) is 11.0 Å². The second-order valence-electron chi connectivity index (χ2n) is 6.88. The van der Waals surface area contributed by atoms with Crippen molar-refractivity contribution in [3.63, 3.8) is 0 Å². The van der Waals surface area contributed by atoms with Crippen molar-refractivity contribution in [3.05, 3.63) is 58.0 Å². The molecule has 178 valence electrons. The molecule has 1 heterocycles. The molecule has 0 aliphatic heterocycles. The van der Waals surface area contributed by atoms with Gasteiger partial charge in [0.25, 0.3) is 12.0 Å². The Labute approximate surface area is 193 Å². The zero-order valence-corrected chi connectivity index (χ0v) is 18.8. The van der Waals surface area contributed by atoms with E-state index in [1.807, 2.05) is 0 Å². The van der Waals surface area contributed by atoms with E-state index in [0.29, 0.717) is 11.4 Å². The van der Waals surface area contributed by atoms with Crippen molar-refractivity contribution >= 4 is 17.2 Å². The van der Waals surface area contributed by atoms with Crippen molar-refractivity contribution in [1.29, 1.82) is 5.26 Å². The standard InChI is InChI=1S/C21H28F2N4O2.C2H2.CHN/c1-3-5-14(6-4-2)26-16-11-12-25-21(29)17(16)20(24)27-15-9-7-13(8-10-15)18(28)19(22)23;2*1-2/h7-12,14,18-19,28H,3-6H2,1-2H3,(H2,24,27)(H2,25,26,29);1-2H;1H. The molecular weight excluding hydrogens is 428 g/mol. The van der Waals surface area contributed by atoms with Gasteiger partial charge in [-0.05, 0) is 36.6 Å². The Kier molecular flexibility index (Phi) is 14.2. The van der Waals surface area contributed by atoms with Crippen LogP contribution in [0.5, 0.6) is 0 Å². The first kappa shape index (κ1) is 29.3. The molecule has 0 aliphatic carbocycles. The molecule has 0 saturated carbocycles. The van der Waals surface area contributed by atoms with Gasteiger partial charge in [-0.2, -0.15) is 0 Å². The maximum Gasteiger partial charge on any atom is 0.268 e. The molecule has 2 rings (SSSR count). The van der Waals surface area contributed by atoms with Gasteiger partial charge >= 0.3 is 0 Å². The number of pyridine rings is 1. The van der Waals surface area contributed by atoms with E-state index in [1.165, 1.54) is 24.3 Å². The van der Waals surface area contributed by atoms with Crippen LogP contribution in [0, 0.1) is 24.7 Å². The summed E-state index contributed by atoms with van der Waals surface area (Å²) in [5, 5.41) is 19.3. The van der Waals surface area contributed by atoms with Crippen LogP contribution in [0.4, 0.5) is 20.2 Å². The second kappa shape index (κ2) is 16.0. The summed E-state index contributed by atoms with van der Waals surface area (Å²) < 4.78 is 25.2. The Hall–Kier alpha value is -3.69. The lowest BCUT2D eigenvalue weighted by atomic mass is 10.1. The summed E-state index contributed by atoms with van der Waals surface area (Å²) in [5.74, 6) is 0.0169. The van der Waals surface area contributed by atoms with Crippen LogP contribution in [-0.4, -0.2) is 28.4 Å². The number of nitrogens with one attached hydrogen (secondary N) is 2. The molecule has 1 unspecified atom stereocenters. The maximum absolute atomic E-state index is 12.6. The van der Waals surface area contributed by atoms with Gasteiger partial charge in [0.1, 0.15) is 17.5 Å². The third-order valence-electron chi connectivity index (χ3n) is 4.57. The van der Waals surface area contributed by atoms with E-state index in [0.717, 1.165) is 25.7 Å². The van der Waals surface area contributed by atoms with Crippen molar-refractivity contribution in [2.45, 2.75) is 58.1 Å². The van der Waals surface area contributed by atoms with Crippen molar-refractivity contribution in [3.8, 4) is 19.4 Å². The van der Waals surface area contributed by atoms with Crippen LogP contribution in [-0.2, 0) is 0 Å². The number of hydrogen-bond donors (Lipinski definition) is 4. The van der Waals surface area contributed by atoms with Crippen LogP contribution in [0.3, 0.4) is 0 Å². The molecule has 9 heteroatoms. The Morgan fingerprint density at radius 3 is 2.18 bits per heavy atom. The van der Waals surface area contributed by atoms with E-state index in [1.54, 1.807) is 12.3 Å². The molecule has 1 aromatic carbocycles. The van der Waals surface area contributed by atoms with Crippen molar-refractivity contribution in [2.75, 3.05) is 5.32 Å². The van der Waals surface area contributed by atoms with Crippen molar-refractivity contribution in [2.24, 2.45) is 10.7 Å². The maximum atomic E-state index is 12.6. The van der Waals surface area contributed by atoms with Gasteiger partial charge in [0.2, 0.25) is 0 Å². The third kappa shape index (κ3) is 9.14. The summed E-state index contributed by atoms with van der Waals surface area (Å²) in [5.41, 5.74) is 7.06. The summed E-state index contributed by atoms with van der Waals surface area (Å²) in [6, 6.07) is 7.61. The minimum atomic E-state index is -2.87. The fourth-order valence-corrected chi connectivity index (χ4v) is 3.15. The molecule has 0 aliphatic rings. The Balaban J connectivity index is 0.00000242. The molecule has 0 bridgehead atoms. The number of aromatic nitrogens is 1. The third-order valence-corrected chi connectivity index (χ3v) is 4.57. The number of terminal acetylenes is 1. The highest BCUT2D eigenvalue weighted by Crippen LogP contribution is 2.24. The quantitative estimate of drug-likeness (QED) is 0.237. The van der Waals surface area contributed by atoms with Gasteiger partial charge in [-0.3, -0.25) is 4.79 Å². The van der Waals surface area contributed by atoms with Gasteiger partial charge in [0, 0.05) is 18.8 Å². The van der Waals surface area contributed by atoms with Crippen molar-refractivity contribution < 1.29 is 13.9 Å². The molecule has 7 nitrogen and oxygen atoms in total. The van der Waals surface area contributed by atoms with Gasteiger partial charge in [-0.25, -0.2) is 19.0 Å². The van der Waals surface area contributed by atoms with Gasteiger partial charge in [-0.15, -0.1) is 12.8 Å². The lowest BCUT2D eigenvalue weighted by molar-refractivity contribution is -0.00577. The number of alkyl halides is 2. The SMILES string of the molecule is C#C.C#N.CCCC(CCC)Nc1cc[nH]c(=O)c1C(N)=Nc1ccc(C(O)C(F)F)cc1. The van der Waals surface area contributed by atoms with Crippen LogP contribution < -0.4 is 16.6 Å². The predicted molar refractivity (Wildman–Crippen MR) is 129 cm³/mol. The number of rotatable bonds is 10. The first-order chi connectivity index (χ1) is 15.9. The summed E-state index contributed by atoms with van der Waals surface area (Å²) >= 11 is 0. The Morgan fingerprint density at radius 2 is 1.70 bits per heavy atom. The fraction of sp³-hybridized carbons (Fsp3) is 0.375. The molecule has 0 radical (unpaired) electrons. The smallest absolute Gasteiger partial charge is 0.268 e. The molecule has 2 aromatic rings. The number of benzene rings is 1. The molecule has 33 heavy (non-hydrogen) atoms. The Bertz CT molecular complexity index is 941. The van der Waals surface area contributed by atoms with E-state index < -0.39 is 12.5 Å². The highest BCUT2D eigenvalue weighted by Gasteiger charge is 2.19. The van der Waals surface area contributed by atoms with Crippen LogP contribution >= 0.6 is 0 Å². The lowest BCUT2D eigenvalue weighted by Gasteiger charge is -2.20. The molecule has 5 N–H and O–H groups in total. The molecule has 0 amide bonds. The highest BCUT2D eigenvalue weighted by molar-refractivity contribution is 6.03. The average Bonchev–Trinajstić information content (AvgIpc) is 2.82. The average molecular weight is 460 g/mol. The predicted octanol–water partition coefficient (Wildman–Crippen LogP) is 4.48. The zero-order chi connectivity index (χ0) is 25.4. The number of anilines is 1. The molecule has 0 spiro atoms. The number of aliphatic imine (C=N–C) groups is 1. The van der Waals surface area contributed by atoms with E-state index in [9.17, 15) is 18.7 Å². The zero-order valence-electron chi connectivity index (χ0n) is 18.8. The van der Waals surface area contributed by atoms with Gasteiger partial charge < -0.3 is 21.1 Å². The summed E-state index contributed by atoms with van der Waals surface area (Å²) in [6.45, 7) is 7.71. The summed E-state index contributed by atoms with van der Waals surface area (Å²) in [7, 11) is 0. The van der Waals surface area contributed by atoms with Crippen molar-refractivity contribution in [1.82, 2.24) is 4.98 Å². The summed E-state index contributed by atoms with van der Waals surface area (Å²) in [4.78, 5) is 19.3. The number of nitriles is 1. The first-order valence-electron chi connectivity index (χ1n) is 10.3. The normalized spacial score (nSPS) is 11.7. The number of amidine groups is 1. The van der Waals surface area contributed by atoms with Gasteiger partial charge in [-0.1, -0.05) is 38.8 Å². The Morgan fingerprint density at radius 1 is 1.15 bits per heavy atom. The van der Waals surface area contributed by atoms with Crippen LogP contribution in [0.1, 0.15) is 56.8 Å². The molecular formula is C24H31F2N5O2. The molecule has 0 saturated heterocycles. The van der Waals surface area contributed by atoms with Crippen LogP contribution in [0.15, 0.2) is 46.3 Å². The minimum Gasteiger partial charge on any atom is -0.383 e. The highest BCUT2D eigenvalue weighted by atomic mass is 19.3. The largest absolute Gasteiger partial charge is 0.383 e. The fourth-order valence-electron chi connectivity index (χ4n) is 3.15. The second-order valence-corrected chi connectivity index (χ2v) is 6.88. The molecule has 0 fully saturated rings. The monoisotopic (exact) mass is 459 g/mol. The summed E-state index contributed by atoms with van der Waals surface area (Å²) in [6.07, 6.45) is 8.78. The molecule has 1 aromatic heterocycles. The number of aliphatic hydroxyl groups excluding tert-OH is 1. The van der Waals surface area contributed by atoms with Crippen LogP contribution in [0.2, 0.25) is 0 Å². The number of nitrogens with two attached hydrogens (primary N) is 1. The number of H-pyrrole nitrogens is 1. The number of nitrogens with zero attached hydrogens (tertiary/aromatic N) is 2. The van der Waals surface area contributed by atoms with Crippen LogP contribution in [0.25, 0.3) is 0 Å². The van der Waals surface area contributed by atoms with E-state index >= 15 is 0 Å². The number of halogens is 2.